The van der Waals surface area contributed by atoms with Crippen molar-refractivity contribution in [3.8, 4) is 5.75 Å². The van der Waals surface area contributed by atoms with E-state index in [0.717, 1.165) is 5.56 Å². The zero-order chi connectivity index (χ0) is 21.1. The van der Waals surface area contributed by atoms with E-state index in [1.807, 2.05) is 0 Å². The largest absolute Gasteiger partial charge is 0.481 e. The maximum Gasteiger partial charge on any atom is 0.343 e. The van der Waals surface area contributed by atoms with Gasteiger partial charge in [0, 0.05) is 0 Å². The van der Waals surface area contributed by atoms with Crippen LogP contribution in [-0.2, 0) is 14.3 Å². The van der Waals surface area contributed by atoms with E-state index in [-0.39, 0.29) is 12.5 Å². The third kappa shape index (κ3) is 5.13. The molecule has 1 saturated heterocycles. The van der Waals surface area contributed by atoms with Crippen LogP contribution in [0.15, 0.2) is 45.8 Å². The molecule has 1 fully saturated rings. The minimum absolute atomic E-state index is 0.198. The summed E-state index contributed by atoms with van der Waals surface area (Å²) in [5.41, 5.74) is 1.31. The Hall–Kier alpha value is -1.58. The Labute approximate surface area is 195 Å². The van der Waals surface area contributed by atoms with Gasteiger partial charge in [-0.1, -0.05) is 53.2 Å². The first-order valence-corrected chi connectivity index (χ1v) is 10.8. The molecule has 0 spiro atoms. The van der Waals surface area contributed by atoms with Crippen LogP contribution in [0.5, 0.6) is 5.75 Å². The Morgan fingerprint density at radius 1 is 1.24 bits per heavy atom. The van der Waals surface area contributed by atoms with E-state index in [2.05, 4.69) is 20.7 Å². The Morgan fingerprint density at radius 2 is 2.00 bits per heavy atom. The number of carbonyl (C=O) groups excluding carboxylic acids is 2. The number of amides is 1. The molecule has 29 heavy (non-hydrogen) atoms. The summed E-state index contributed by atoms with van der Waals surface area (Å²) in [5, 5.41) is 0.740. The minimum atomic E-state index is -0.480. The Bertz CT molecular complexity index is 1040. The lowest BCUT2D eigenvalue weighted by atomic mass is 10.2. The number of hydrogen-bond donors (Lipinski definition) is 0. The van der Waals surface area contributed by atoms with Crippen molar-refractivity contribution in [2.75, 3.05) is 18.6 Å². The quantitative estimate of drug-likeness (QED) is 0.279. The predicted octanol–water partition coefficient (Wildman–Crippen LogP) is 5.71. The molecule has 0 unspecified atom stereocenters. The summed E-state index contributed by atoms with van der Waals surface area (Å²) in [6.07, 6.45) is 1.73. The van der Waals surface area contributed by atoms with Gasteiger partial charge in [-0.15, -0.1) is 0 Å². The lowest BCUT2D eigenvalue weighted by Crippen LogP contribution is -2.27. The maximum absolute atomic E-state index is 12.9. The van der Waals surface area contributed by atoms with E-state index in [9.17, 15) is 9.59 Å². The molecule has 0 aliphatic carbocycles. The van der Waals surface area contributed by atoms with Crippen molar-refractivity contribution in [2.45, 2.75) is 0 Å². The van der Waals surface area contributed by atoms with Crippen molar-refractivity contribution in [2.24, 2.45) is 0 Å². The van der Waals surface area contributed by atoms with Gasteiger partial charge >= 0.3 is 5.97 Å². The monoisotopic (exact) mass is 531 g/mol. The van der Waals surface area contributed by atoms with Crippen LogP contribution < -0.4 is 9.64 Å². The van der Waals surface area contributed by atoms with Crippen molar-refractivity contribution < 1.29 is 19.1 Å². The van der Waals surface area contributed by atoms with Crippen LogP contribution in [0, 0.1) is 0 Å². The molecular formula is C19H12BrCl2NO4S2. The molecule has 5 nitrogen and oxygen atoms in total. The van der Waals surface area contributed by atoms with E-state index in [4.69, 9.17) is 40.2 Å². The summed E-state index contributed by atoms with van der Waals surface area (Å²) in [5.74, 6) is -0.247. The first-order valence-electron chi connectivity index (χ1n) is 8.02. The molecule has 3 rings (SSSR count). The molecule has 1 aliphatic heterocycles. The molecule has 2 aromatic carbocycles. The highest BCUT2D eigenvalue weighted by atomic mass is 79.9. The predicted molar refractivity (Wildman–Crippen MR) is 124 cm³/mol. The molecule has 1 heterocycles. The number of thiocarbonyl (C=S) groups is 1. The zero-order valence-corrected chi connectivity index (χ0v) is 19.5. The second-order valence-electron chi connectivity index (χ2n) is 5.67. The molecule has 2 aromatic rings. The summed E-state index contributed by atoms with van der Waals surface area (Å²) < 4.78 is 11.0. The second kappa shape index (κ2) is 9.49. The van der Waals surface area contributed by atoms with E-state index in [1.165, 1.54) is 23.8 Å². The van der Waals surface area contributed by atoms with Crippen LogP contribution >= 0.6 is 63.1 Å². The van der Waals surface area contributed by atoms with E-state index in [1.54, 1.807) is 42.5 Å². The van der Waals surface area contributed by atoms with Crippen molar-refractivity contribution in [3.05, 3.63) is 61.4 Å². The van der Waals surface area contributed by atoms with Gasteiger partial charge in [0.25, 0.3) is 5.91 Å². The molecule has 0 saturated carbocycles. The Kier molecular flexibility index (Phi) is 7.23. The van der Waals surface area contributed by atoms with Gasteiger partial charge in [0.05, 0.1) is 32.2 Å². The number of benzene rings is 2. The van der Waals surface area contributed by atoms with Crippen LogP contribution in [0.3, 0.4) is 0 Å². The molecule has 0 aromatic heterocycles. The molecular weight excluding hydrogens is 521 g/mol. The highest BCUT2D eigenvalue weighted by molar-refractivity contribution is 9.10. The van der Waals surface area contributed by atoms with Crippen molar-refractivity contribution in [3.63, 3.8) is 0 Å². The lowest BCUT2D eigenvalue weighted by molar-refractivity contribution is -0.142. The van der Waals surface area contributed by atoms with Crippen LogP contribution in [0.2, 0.25) is 10.0 Å². The van der Waals surface area contributed by atoms with Crippen molar-refractivity contribution in [1.82, 2.24) is 0 Å². The number of esters is 1. The average molecular weight is 533 g/mol. The molecule has 0 atom stereocenters. The molecule has 0 radical (unpaired) electrons. The molecule has 1 amide bonds. The van der Waals surface area contributed by atoms with Crippen LogP contribution in [-0.4, -0.2) is 29.9 Å². The van der Waals surface area contributed by atoms with Crippen molar-refractivity contribution in [1.29, 1.82) is 0 Å². The first kappa shape index (κ1) is 22.1. The van der Waals surface area contributed by atoms with Crippen LogP contribution in [0.1, 0.15) is 5.56 Å². The summed E-state index contributed by atoms with van der Waals surface area (Å²) in [6, 6.07) is 10.1. The summed E-state index contributed by atoms with van der Waals surface area (Å²) in [6.45, 7) is -0.198. The third-order valence-corrected chi connectivity index (χ3v) is 6.44. The van der Waals surface area contributed by atoms with Gasteiger partial charge < -0.3 is 9.47 Å². The molecule has 10 heteroatoms. The third-order valence-electron chi connectivity index (χ3n) is 3.78. The SMILES string of the molecule is COC(=O)COc1ccc(/C=C2\SC(=S)N(c3ccc(Cl)c(Cl)c3)C2=O)cc1Br. The van der Waals surface area contributed by atoms with E-state index < -0.39 is 5.97 Å². The number of methoxy groups -OCH3 is 1. The van der Waals surface area contributed by atoms with Gasteiger partial charge in [-0.2, -0.15) is 0 Å². The van der Waals surface area contributed by atoms with Crippen molar-refractivity contribution >= 4 is 91.1 Å². The molecule has 0 bridgehead atoms. The van der Waals surface area contributed by atoms with Crippen LogP contribution in [0.25, 0.3) is 6.08 Å². The van der Waals surface area contributed by atoms with Gasteiger partial charge in [0.2, 0.25) is 0 Å². The number of thioether (sulfide) groups is 1. The number of ether oxygens (including phenoxy) is 2. The van der Waals surface area contributed by atoms with Gasteiger partial charge in [-0.25, -0.2) is 4.79 Å². The summed E-state index contributed by atoms with van der Waals surface area (Å²) in [7, 11) is 1.29. The van der Waals surface area contributed by atoms with Gasteiger partial charge in [-0.05, 0) is 57.9 Å². The number of nitrogens with zero attached hydrogens (tertiary/aromatic N) is 1. The Morgan fingerprint density at radius 3 is 2.66 bits per heavy atom. The van der Waals surface area contributed by atoms with Gasteiger partial charge in [-0.3, -0.25) is 9.69 Å². The van der Waals surface area contributed by atoms with Gasteiger partial charge in [0.1, 0.15) is 5.75 Å². The first-order chi connectivity index (χ1) is 13.8. The second-order valence-corrected chi connectivity index (χ2v) is 9.01. The lowest BCUT2D eigenvalue weighted by Gasteiger charge is -2.15. The number of halogens is 3. The molecule has 150 valence electrons. The topological polar surface area (TPSA) is 55.8 Å². The smallest absolute Gasteiger partial charge is 0.343 e. The fraction of sp³-hybridized carbons (Fsp3) is 0.105. The number of carbonyl (C=O) groups is 2. The maximum atomic E-state index is 12.9. The van der Waals surface area contributed by atoms with E-state index >= 15 is 0 Å². The highest BCUT2D eigenvalue weighted by Crippen LogP contribution is 2.38. The number of hydrogen-bond acceptors (Lipinski definition) is 6. The minimum Gasteiger partial charge on any atom is -0.481 e. The highest BCUT2D eigenvalue weighted by Gasteiger charge is 2.33. The standard InChI is InChI=1S/C19H12BrCl2NO4S2/c1-26-17(24)9-27-15-5-2-10(6-12(15)20)7-16-18(25)23(19(28)29-16)11-3-4-13(21)14(22)8-11/h2-8H,9H2,1H3/b16-7-. The van der Waals surface area contributed by atoms with Crippen LogP contribution in [0.4, 0.5) is 5.69 Å². The van der Waals surface area contributed by atoms with Gasteiger partial charge in [0.15, 0.2) is 10.9 Å². The average Bonchev–Trinajstić information content (AvgIpc) is 2.96. The Balaban J connectivity index is 1.81. The fourth-order valence-electron chi connectivity index (χ4n) is 2.39. The summed E-state index contributed by atoms with van der Waals surface area (Å²) in [4.78, 5) is 26.0. The number of rotatable bonds is 5. The fourth-order valence-corrected chi connectivity index (χ4v) is 4.49. The van der Waals surface area contributed by atoms with E-state index in [0.29, 0.717) is 35.2 Å². The normalized spacial score (nSPS) is 15.2. The number of anilines is 1. The molecule has 0 N–H and O–H groups in total. The molecule has 1 aliphatic rings. The zero-order valence-electron chi connectivity index (χ0n) is 14.8. The summed E-state index contributed by atoms with van der Waals surface area (Å²) >= 11 is 22.0.